The number of rotatable bonds is 9. The highest BCUT2D eigenvalue weighted by atomic mass is 35.5. The molecule has 0 atom stereocenters. The Morgan fingerprint density at radius 3 is 2.64 bits per heavy atom. The summed E-state index contributed by atoms with van der Waals surface area (Å²) in [6.07, 6.45) is -2.93. The highest BCUT2D eigenvalue weighted by molar-refractivity contribution is 6.29. The monoisotopic (exact) mass is 485 g/mol. The second-order valence-corrected chi connectivity index (χ2v) is 7.71. The Kier molecular flexibility index (Phi) is 7.62. The third-order valence-corrected chi connectivity index (χ3v) is 4.80. The summed E-state index contributed by atoms with van der Waals surface area (Å²) in [5.41, 5.74) is 0.429. The van der Waals surface area contributed by atoms with Crippen molar-refractivity contribution in [1.82, 2.24) is 25.0 Å². The maximum absolute atomic E-state index is 13.3. The van der Waals surface area contributed by atoms with Crippen molar-refractivity contribution in [2.45, 2.75) is 32.4 Å². The molecule has 3 aromatic rings. The van der Waals surface area contributed by atoms with E-state index in [0.717, 1.165) is 4.68 Å². The summed E-state index contributed by atoms with van der Waals surface area (Å²) >= 11 is 5.92. The molecule has 0 saturated carbocycles. The molecule has 3 aromatic heterocycles. The number of Topliss-reactive ketones (excluding diaryl/α,β-unsaturated/α-hetero) is 1. The van der Waals surface area contributed by atoms with Crippen LogP contribution in [0.15, 0.2) is 24.4 Å². The summed E-state index contributed by atoms with van der Waals surface area (Å²) in [5, 5.41) is 11.6. The Morgan fingerprint density at radius 2 is 1.97 bits per heavy atom. The number of pyridine rings is 1. The number of carbonyl (C=O) groups is 1. The lowest BCUT2D eigenvalue weighted by Gasteiger charge is -2.09. The fraction of sp³-hybridized carbons (Fsp3) is 0.381. The molecular weight excluding hydrogens is 466 g/mol. The largest absolute Gasteiger partial charge is 0.475 e. The minimum Gasteiger partial charge on any atom is -0.475 e. The minimum atomic E-state index is -4.62. The van der Waals surface area contributed by atoms with Gasteiger partial charge in [0.1, 0.15) is 24.2 Å². The van der Waals surface area contributed by atoms with Gasteiger partial charge in [0.2, 0.25) is 5.88 Å². The van der Waals surface area contributed by atoms with Gasteiger partial charge < -0.3 is 4.74 Å². The predicted octanol–water partition coefficient (Wildman–Crippen LogP) is 4.35. The average molecular weight is 486 g/mol. The Labute approximate surface area is 191 Å². The maximum atomic E-state index is 13.3. The van der Waals surface area contributed by atoms with Crippen LogP contribution in [0.1, 0.15) is 28.9 Å². The first kappa shape index (κ1) is 24.6. The lowest BCUT2D eigenvalue weighted by Crippen LogP contribution is -2.10. The summed E-state index contributed by atoms with van der Waals surface area (Å²) < 4.78 is 58.2. The van der Waals surface area contributed by atoms with Gasteiger partial charge in [-0.05, 0) is 36.6 Å². The molecule has 7 nitrogen and oxygen atoms in total. The fourth-order valence-electron chi connectivity index (χ4n) is 3.23. The molecule has 0 aliphatic carbocycles. The average Bonchev–Trinajstić information content (AvgIpc) is 3.12. The molecule has 0 unspecified atom stereocenters. The number of nitrogens with zero attached hydrogens (tertiary/aromatic N) is 5. The molecule has 0 amide bonds. The molecule has 0 N–H and O–H groups in total. The molecule has 12 heteroatoms. The van der Waals surface area contributed by atoms with E-state index in [1.165, 1.54) is 25.4 Å². The predicted molar refractivity (Wildman–Crippen MR) is 112 cm³/mol. The van der Waals surface area contributed by atoms with Crippen molar-refractivity contribution in [3.63, 3.8) is 0 Å². The second kappa shape index (κ2) is 10.2. The van der Waals surface area contributed by atoms with Crippen LogP contribution in [0, 0.1) is 6.92 Å². The standard InChI is InChI=1S/C21H20ClF4N5O2/c1-12-7-14(28-29-19(12)16-11-31(2)30-20(16)21(24,25)26)3-4-15(32)8-13-9-17(22)27-18(10-13)33-6-5-23/h7,9-11H,3-6,8H2,1-2H3. The Hall–Kier alpha value is -3.08. The number of ketones is 1. The zero-order valence-electron chi connectivity index (χ0n) is 17.8. The third-order valence-electron chi connectivity index (χ3n) is 4.61. The highest BCUT2D eigenvalue weighted by Gasteiger charge is 2.38. The van der Waals surface area contributed by atoms with Crippen LogP contribution in [-0.4, -0.2) is 44.0 Å². The van der Waals surface area contributed by atoms with Gasteiger partial charge in [0.25, 0.3) is 0 Å². The number of alkyl halides is 4. The number of hydrogen-bond acceptors (Lipinski definition) is 6. The molecule has 176 valence electrons. The molecule has 0 spiro atoms. The van der Waals surface area contributed by atoms with Gasteiger partial charge in [0, 0.05) is 32.2 Å². The molecule has 0 aliphatic rings. The van der Waals surface area contributed by atoms with E-state index in [4.69, 9.17) is 16.3 Å². The van der Waals surface area contributed by atoms with Crippen molar-refractivity contribution >= 4 is 17.4 Å². The van der Waals surface area contributed by atoms with E-state index in [2.05, 4.69) is 20.3 Å². The van der Waals surface area contributed by atoms with Gasteiger partial charge in [-0.1, -0.05) is 11.6 Å². The topological polar surface area (TPSA) is 82.8 Å². The Morgan fingerprint density at radius 1 is 1.21 bits per heavy atom. The quantitative estimate of drug-likeness (QED) is 0.331. The molecule has 0 bridgehead atoms. The lowest BCUT2D eigenvalue weighted by atomic mass is 10.0. The molecular formula is C21H20ClF4N5O2. The SMILES string of the molecule is Cc1cc(CCC(=O)Cc2cc(Cl)nc(OCCF)c2)nnc1-c1cn(C)nc1C(F)(F)F. The van der Waals surface area contributed by atoms with Gasteiger partial charge in [-0.2, -0.15) is 23.4 Å². The lowest BCUT2D eigenvalue weighted by molar-refractivity contribution is -0.141. The molecule has 0 saturated heterocycles. The van der Waals surface area contributed by atoms with Crippen LogP contribution in [0.3, 0.4) is 0 Å². The van der Waals surface area contributed by atoms with Crippen molar-refractivity contribution in [2.75, 3.05) is 13.3 Å². The summed E-state index contributed by atoms with van der Waals surface area (Å²) in [6.45, 7) is 0.776. The maximum Gasteiger partial charge on any atom is 0.435 e. The molecule has 0 radical (unpaired) electrons. The van der Waals surface area contributed by atoms with Crippen LogP contribution < -0.4 is 4.74 Å². The molecule has 0 aliphatic heterocycles. The van der Waals surface area contributed by atoms with Crippen molar-refractivity contribution in [3.05, 3.63) is 52.1 Å². The van der Waals surface area contributed by atoms with Gasteiger partial charge in [0.05, 0.1) is 17.0 Å². The smallest absolute Gasteiger partial charge is 0.435 e. The van der Waals surface area contributed by atoms with E-state index in [0.29, 0.717) is 16.8 Å². The van der Waals surface area contributed by atoms with Gasteiger partial charge in [-0.15, -0.1) is 5.10 Å². The first-order valence-electron chi connectivity index (χ1n) is 9.88. The van der Waals surface area contributed by atoms with Crippen molar-refractivity contribution < 1.29 is 27.1 Å². The van der Waals surface area contributed by atoms with Crippen LogP contribution in [0.5, 0.6) is 5.88 Å². The van der Waals surface area contributed by atoms with Crippen LogP contribution in [0.4, 0.5) is 17.6 Å². The van der Waals surface area contributed by atoms with Crippen molar-refractivity contribution in [1.29, 1.82) is 0 Å². The molecule has 33 heavy (non-hydrogen) atoms. The summed E-state index contributed by atoms with van der Waals surface area (Å²) in [4.78, 5) is 16.3. The Balaban J connectivity index is 1.67. The molecule has 0 aromatic carbocycles. The summed E-state index contributed by atoms with van der Waals surface area (Å²) in [7, 11) is 1.40. The summed E-state index contributed by atoms with van der Waals surface area (Å²) in [5.74, 6) is 0.0116. The van der Waals surface area contributed by atoms with Crippen molar-refractivity contribution in [2.24, 2.45) is 7.05 Å². The van der Waals surface area contributed by atoms with Gasteiger partial charge in [-0.25, -0.2) is 9.37 Å². The van der Waals surface area contributed by atoms with E-state index < -0.39 is 18.5 Å². The number of halogens is 5. The van der Waals surface area contributed by atoms with Crippen LogP contribution in [0.2, 0.25) is 5.15 Å². The van der Waals surface area contributed by atoms with Crippen LogP contribution in [0.25, 0.3) is 11.3 Å². The van der Waals surface area contributed by atoms with E-state index in [-0.39, 0.29) is 53.9 Å². The zero-order chi connectivity index (χ0) is 24.2. The number of aryl methyl sites for hydroxylation is 3. The van der Waals surface area contributed by atoms with E-state index in [1.54, 1.807) is 13.0 Å². The van der Waals surface area contributed by atoms with Crippen LogP contribution >= 0.6 is 11.6 Å². The van der Waals surface area contributed by atoms with E-state index >= 15 is 0 Å². The first-order valence-corrected chi connectivity index (χ1v) is 10.3. The normalized spacial score (nSPS) is 11.6. The third kappa shape index (κ3) is 6.47. The summed E-state index contributed by atoms with van der Waals surface area (Å²) in [6, 6.07) is 4.64. The number of ether oxygens (including phenoxy) is 1. The minimum absolute atomic E-state index is 0.0589. The fourth-order valence-corrected chi connectivity index (χ4v) is 3.45. The van der Waals surface area contributed by atoms with E-state index in [1.807, 2.05) is 0 Å². The number of hydrogen-bond donors (Lipinski definition) is 0. The highest BCUT2D eigenvalue weighted by Crippen LogP contribution is 2.36. The van der Waals surface area contributed by atoms with Gasteiger partial charge >= 0.3 is 6.18 Å². The molecule has 3 heterocycles. The Bertz CT molecular complexity index is 1150. The van der Waals surface area contributed by atoms with E-state index in [9.17, 15) is 22.4 Å². The van der Waals surface area contributed by atoms with Gasteiger partial charge in [-0.3, -0.25) is 9.48 Å². The molecule has 3 rings (SSSR count). The zero-order valence-corrected chi connectivity index (χ0v) is 18.5. The second-order valence-electron chi connectivity index (χ2n) is 7.32. The van der Waals surface area contributed by atoms with Gasteiger partial charge in [0.15, 0.2) is 5.69 Å². The van der Waals surface area contributed by atoms with Crippen LogP contribution in [-0.2, 0) is 30.9 Å². The number of aromatic nitrogens is 5. The molecule has 0 fully saturated rings. The number of carbonyl (C=O) groups excluding carboxylic acids is 1. The van der Waals surface area contributed by atoms with Crippen molar-refractivity contribution in [3.8, 4) is 17.1 Å². The first-order chi connectivity index (χ1) is 15.6.